The smallest absolute Gasteiger partial charge is 0.313 e. The molecule has 1 aliphatic carbocycles. The van der Waals surface area contributed by atoms with E-state index in [4.69, 9.17) is 4.74 Å². The van der Waals surface area contributed by atoms with Crippen LogP contribution in [0.15, 0.2) is 12.1 Å². The Morgan fingerprint density at radius 3 is 2.84 bits per heavy atom. The third-order valence-corrected chi connectivity index (χ3v) is 5.90. The zero-order valence-electron chi connectivity index (χ0n) is 14.5. The molecule has 0 spiro atoms. The van der Waals surface area contributed by atoms with Crippen LogP contribution in [-0.4, -0.2) is 48.1 Å². The van der Waals surface area contributed by atoms with Crippen LogP contribution in [-0.2, 0) is 29.0 Å². The van der Waals surface area contributed by atoms with Crippen molar-refractivity contribution < 1.29 is 19.4 Å². The average molecular weight is 344 g/mol. The van der Waals surface area contributed by atoms with Crippen molar-refractivity contribution in [1.82, 2.24) is 10.2 Å². The lowest BCUT2D eigenvalue weighted by molar-refractivity contribution is -0.149. The largest absolute Gasteiger partial charge is 0.494 e. The minimum Gasteiger partial charge on any atom is -0.494 e. The number of nitrogens with one attached hydrogen (secondary N) is 1. The first kappa shape index (κ1) is 16.4. The van der Waals surface area contributed by atoms with E-state index in [9.17, 15) is 14.7 Å². The van der Waals surface area contributed by atoms with Crippen molar-refractivity contribution in [3.05, 3.63) is 28.8 Å². The van der Waals surface area contributed by atoms with E-state index in [0.29, 0.717) is 26.2 Å². The van der Waals surface area contributed by atoms with Crippen LogP contribution in [0.1, 0.15) is 30.0 Å². The second kappa shape index (κ2) is 6.02. The number of carboxylic acid groups (broad SMARTS) is 1. The van der Waals surface area contributed by atoms with Crippen molar-refractivity contribution in [2.75, 3.05) is 26.2 Å². The van der Waals surface area contributed by atoms with E-state index in [1.807, 2.05) is 6.92 Å². The number of likely N-dealkylation sites (tertiary alicyclic amines) is 1. The normalized spacial score (nSPS) is 27.9. The van der Waals surface area contributed by atoms with Crippen LogP contribution >= 0.6 is 0 Å². The molecule has 0 aromatic heterocycles. The molecule has 0 bridgehead atoms. The lowest BCUT2D eigenvalue weighted by atomic mass is 9.81. The zero-order chi connectivity index (χ0) is 17.6. The second-order valence-corrected chi connectivity index (χ2v) is 7.42. The second-order valence-electron chi connectivity index (χ2n) is 7.42. The molecule has 1 amide bonds. The van der Waals surface area contributed by atoms with Crippen molar-refractivity contribution in [2.24, 2.45) is 11.3 Å². The molecule has 2 heterocycles. The number of aliphatic carboxylic acids is 1. The van der Waals surface area contributed by atoms with Crippen molar-refractivity contribution in [3.63, 3.8) is 0 Å². The maximum absolute atomic E-state index is 12.1. The molecule has 6 heteroatoms. The summed E-state index contributed by atoms with van der Waals surface area (Å²) in [4.78, 5) is 26.0. The fourth-order valence-corrected chi connectivity index (χ4v) is 4.61. The van der Waals surface area contributed by atoms with Gasteiger partial charge in [0, 0.05) is 31.7 Å². The fourth-order valence-electron chi connectivity index (χ4n) is 4.61. The number of aryl methyl sites for hydroxylation is 2. The standard InChI is InChI=1S/C19H24N2O4/c1-2-25-16-7-13-5-3-4-12(13)6-14(16)8-21-9-15-17(22)20-10-19(15,11-21)18(23)24/h6-7,15H,2-5,8-11H2,1H3,(H,20,22)(H,23,24)/t15-,19+/m0/s1. The van der Waals surface area contributed by atoms with E-state index < -0.39 is 17.3 Å². The molecule has 134 valence electrons. The van der Waals surface area contributed by atoms with E-state index in [-0.39, 0.29) is 12.5 Å². The molecule has 1 aromatic rings. The highest BCUT2D eigenvalue weighted by Gasteiger charge is 2.59. The molecule has 2 atom stereocenters. The molecular weight excluding hydrogens is 320 g/mol. The number of carboxylic acids is 1. The number of carbonyl (C=O) groups excluding carboxylic acids is 1. The molecule has 2 fully saturated rings. The number of ether oxygens (including phenoxy) is 1. The minimum atomic E-state index is -0.987. The molecule has 0 saturated carbocycles. The van der Waals surface area contributed by atoms with E-state index in [1.54, 1.807) is 0 Å². The molecule has 0 radical (unpaired) electrons. The highest BCUT2D eigenvalue weighted by Crippen LogP contribution is 2.41. The van der Waals surface area contributed by atoms with Crippen LogP contribution in [0.2, 0.25) is 0 Å². The van der Waals surface area contributed by atoms with Gasteiger partial charge in [0.2, 0.25) is 5.91 Å². The van der Waals surface area contributed by atoms with E-state index in [1.165, 1.54) is 17.5 Å². The van der Waals surface area contributed by atoms with E-state index in [2.05, 4.69) is 22.3 Å². The molecule has 4 rings (SSSR count). The Labute approximate surface area is 147 Å². The Balaban J connectivity index is 1.59. The number of fused-ring (bicyclic) bond motifs is 2. The van der Waals surface area contributed by atoms with Gasteiger partial charge in [-0.15, -0.1) is 0 Å². The number of hydrogen-bond acceptors (Lipinski definition) is 4. The number of benzene rings is 1. The van der Waals surface area contributed by atoms with Gasteiger partial charge in [-0.25, -0.2) is 0 Å². The summed E-state index contributed by atoms with van der Waals surface area (Å²) < 4.78 is 5.84. The van der Waals surface area contributed by atoms with Gasteiger partial charge in [0.15, 0.2) is 0 Å². The van der Waals surface area contributed by atoms with Gasteiger partial charge < -0.3 is 15.2 Å². The number of carbonyl (C=O) groups is 2. The molecule has 0 unspecified atom stereocenters. The van der Waals surface area contributed by atoms with Crippen LogP contribution in [0, 0.1) is 11.3 Å². The lowest BCUT2D eigenvalue weighted by Crippen LogP contribution is -2.40. The predicted octanol–water partition coefficient (Wildman–Crippen LogP) is 1.21. The quantitative estimate of drug-likeness (QED) is 0.839. The first-order chi connectivity index (χ1) is 12.0. The summed E-state index contributed by atoms with van der Waals surface area (Å²) in [5, 5.41) is 12.4. The Morgan fingerprint density at radius 1 is 1.40 bits per heavy atom. The van der Waals surface area contributed by atoms with Gasteiger partial charge in [0.25, 0.3) is 0 Å². The molecule has 3 aliphatic rings. The van der Waals surface area contributed by atoms with Gasteiger partial charge in [-0.05, 0) is 43.4 Å². The minimum absolute atomic E-state index is 0.135. The van der Waals surface area contributed by atoms with Crippen LogP contribution in [0.25, 0.3) is 0 Å². The molecular formula is C19H24N2O4. The van der Waals surface area contributed by atoms with Crippen LogP contribution in [0.4, 0.5) is 0 Å². The van der Waals surface area contributed by atoms with Crippen LogP contribution in [0.3, 0.4) is 0 Å². The molecule has 2 N–H and O–H groups in total. The summed E-state index contributed by atoms with van der Waals surface area (Å²) in [6.45, 7) is 4.32. The summed E-state index contributed by atoms with van der Waals surface area (Å²) in [5.74, 6) is -0.578. The first-order valence-corrected chi connectivity index (χ1v) is 9.04. The van der Waals surface area contributed by atoms with Gasteiger partial charge in [0.05, 0.1) is 12.5 Å². The van der Waals surface area contributed by atoms with Crippen molar-refractivity contribution in [2.45, 2.75) is 32.7 Å². The SMILES string of the molecule is CCOc1cc2c(cc1CN1C[C@H]3C(=O)NC[C@@]3(C(=O)O)C1)CCC2. The van der Waals surface area contributed by atoms with Gasteiger partial charge in [0.1, 0.15) is 11.2 Å². The number of rotatable bonds is 5. The van der Waals surface area contributed by atoms with Crippen molar-refractivity contribution >= 4 is 11.9 Å². The molecule has 25 heavy (non-hydrogen) atoms. The monoisotopic (exact) mass is 344 g/mol. The predicted molar refractivity (Wildman–Crippen MR) is 91.5 cm³/mol. The van der Waals surface area contributed by atoms with E-state index in [0.717, 1.165) is 24.2 Å². The third-order valence-electron chi connectivity index (χ3n) is 5.90. The molecule has 1 aromatic carbocycles. The Bertz CT molecular complexity index is 732. The Morgan fingerprint density at radius 2 is 2.16 bits per heavy atom. The highest BCUT2D eigenvalue weighted by molar-refractivity contribution is 5.92. The van der Waals surface area contributed by atoms with Crippen LogP contribution < -0.4 is 10.1 Å². The van der Waals surface area contributed by atoms with Crippen LogP contribution in [0.5, 0.6) is 5.75 Å². The zero-order valence-corrected chi connectivity index (χ0v) is 14.5. The maximum atomic E-state index is 12.1. The first-order valence-electron chi connectivity index (χ1n) is 9.04. The number of nitrogens with zero attached hydrogens (tertiary/aromatic N) is 1. The van der Waals surface area contributed by atoms with E-state index >= 15 is 0 Å². The summed E-state index contributed by atoms with van der Waals surface area (Å²) >= 11 is 0. The molecule has 2 aliphatic heterocycles. The Kier molecular flexibility index (Phi) is 3.95. The van der Waals surface area contributed by atoms with Gasteiger partial charge in [-0.2, -0.15) is 0 Å². The van der Waals surface area contributed by atoms with Crippen molar-refractivity contribution in [1.29, 1.82) is 0 Å². The lowest BCUT2D eigenvalue weighted by Gasteiger charge is -2.23. The average Bonchev–Trinajstić information content (AvgIpc) is 3.24. The summed E-state index contributed by atoms with van der Waals surface area (Å²) in [7, 11) is 0. The summed E-state index contributed by atoms with van der Waals surface area (Å²) in [6, 6.07) is 4.37. The summed E-state index contributed by atoms with van der Waals surface area (Å²) in [5.41, 5.74) is 2.86. The fraction of sp³-hybridized carbons (Fsp3) is 0.579. The number of amides is 1. The van der Waals surface area contributed by atoms with Gasteiger partial charge in [-0.1, -0.05) is 6.07 Å². The molecule has 2 saturated heterocycles. The summed E-state index contributed by atoms with van der Waals surface area (Å²) in [6.07, 6.45) is 3.38. The number of hydrogen-bond donors (Lipinski definition) is 2. The molecule has 6 nitrogen and oxygen atoms in total. The van der Waals surface area contributed by atoms with Gasteiger partial charge >= 0.3 is 5.97 Å². The van der Waals surface area contributed by atoms with Crippen molar-refractivity contribution in [3.8, 4) is 5.75 Å². The van der Waals surface area contributed by atoms with Gasteiger partial charge in [-0.3, -0.25) is 14.5 Å². The topological polar surface area (TPSA) is 78.9 Å². The highest BCUT2D eigenvalue weighted by atomic mass is 16.5. The third kappa shape index (κ3) is 2.59. The maximum Gasteiger partial charge on any atom is 0.313 e. The Hall–Kier alpha value is -2.08.